The van der Waals surface area contributed by atoms with Crippen molar-refractivity contribution in [2.75, 3.05) is 5.32 Å². The molecular formula is C13H12BrN3O2. The number of aryl methyl sites for hydroxylation is 1. The molecule has 19 heavy (non-hydrogen) atoms. The van der Waals surface area contributed by atoms with Crippen LogP contribution in [0.25, 0.3) is 0 Å². The molecule has 0 saturated carbocycles. The van der Waals surface area contributed by atoms with Crippen molar-refractivity contribution in [3.63, 3.8) is 0 Å². The summed E-state index contributed by atoms with van der Waals surface area (Å²) < 4.78 is 2.20. The summed E-state index contributed by atoms with van der Waals surface area (Å²) in [5, 5.41) is 2.77. The van der Waals surface area contributed by atoms with E-state index in [1.54, 1.807) is 0 Å². The first kappa shape index (κ1) is 13.5. The molecule has 0 aliphatic rings. The van der Waals surface area contributed by atoms with E-state index in [2.05, 4.69) is 26.2 Å². The molecule has 0 fully saturated rings. The van der Waals surface area contributed by atoms with Gasteiger partial charge in [-0.15, -0.1) is 0 Å². The molecule has 1 aromatic carbocycles. The Morgan fingerprint density at radius 3 is 2.89 bits per heavy atom. The number of halogens is 1. The van der Waals surface area contributed by atoms with Crippen LogP contribution < -0.4 is 10.9 Å². The maximum absolute atomic E-state index is 11.9. The van der Waals surface area contributed by atoms with Crippen LogP contribution in [0.5, 0.6) is 0 Å². The second-order valence-electron chi connectivity index (χ2n) is 4.05. The number of carbonyl (C=O) groups excluding carboxylic acids is 1. The highest BCUT2D eigenvalue weighted by atomic mass is 79.9. The Labute approximate surface area is 118 Å². The fraction of sp³-hybridized carbons (Fsp3) is 0.154. The van der Waals surface area contributed by atoms with E-state index in [0.29, 0.717) is 0 Å². The van der Waals surface area contributed by atoms with Gasteiger partial charge in [-0.05, 0) is 30.7 Å². The van der Waals surface area contributed by atoms with Crippen LogP contribution in [0, 0.1) is 6.92 Å². The first-order chi connectivity index (χ1) is 9.06. The quantitative estimate of drug-likeness (QED) is 0.939. The number of rotatable bonds is 3. The van der Waals surface area contributed by atoms with Crippen LogP contribution in [-0.2, 0) is 11.3 Å². The van der Waals surface area contributed by atoms with E-state index in [1.807, 2.05) is 25.1 Å². The molecular weight excluding hydrogens is 310 g/mol. The molecule has 0 aliphatic heterocycles. The molecule has 0 radical (unpaired) electrons. The van der Waals surface area contributed by atoms with E-state index in [-0.39, 0.29) is 18.0 Å². The molecule has 1 N–H and O–H groups in total. The SMILES string of the molecule is Cc1cc(Br)ccc1NC(=O)Cn1cnccc1=O. The number of benzene rings is 1. The highest BCUT2D eigenvalue weighted by molar-refractivity contribution is 9.10. The lowest BCUT2D eigenvalue weighted by molar-refractivity contribution is -0.116. The molecule has 1 amide bonds. The van der Waals surface area contributed by atoms with Gasteiger partial charge >= 0.3 is 0 Å². The maximum atomic E-state index is 11.9. The Balaban J connectivity index is 2.10. The van der Waals surface area contributed by atoms with Crippen molar-refractivity contribution >= 4 is 27.5 Å². The van der Waals surface area contributed by atoms with Crippen LogP contribution in [0.4, 0.5) is 5.69 Å². The molecule has 5 nitrogen and oxygen atoms in total. The molecule has 1 aromatic heterocycles. The summed E-state index contributed by atoms with van der Waals surface area (Å²) in [6.07, 6.45) is 2.74. The maximum Gasteiger partial charge on any atom is 0.253 e. The molecule has 0 aliphatic carbocycles. The summed E-state index contributed by atoms with van der Waals surface area (Å²) in [4.78, 5) is 27.1. The Morgan fingerprint density at radius 1 is 1.42 bits per heavy atom. The third-order valence-electron chi connectivity index (χ3n) is 2.57. The van der Waals surface area contributed by atoms with E-state index >= 15 is 0 Å². The summed E-state index contributed by atoms with van der Waals surface area (Å²) in [6, 6.07) is 6.88. The zero-order chi connectivity index (χ0) is 13.8. The first-order valence-corrected chi connectivity index (χ1v) is 6.42. The molecule has 98 valence electrons. The molecule has 1 heterocycles. The van der Waals surface area contributed by atoms with E-state index in [9.17, 15) is 9.59 Å². The van der Waals surface area contributed by atoms with Crippen LogP contribution in [0.1, 0.15) is 5.56 Å². The number of amides is 1. The molecule has 0 spiro atoms. The summed E-state index contributed by atoms with van der Waals surface area (Å²) in [7, 11) is 0. The summed E-state index contributed by atoms with van der Waals surface area (Å²) in [5.41, 5.74) is 1.42. The van der Waals surface area contributed by atoms with Gasteiger partial charge in [0.2, 0.25) is 5.91 Å². The molecule has 0 atom stereocenters. The number of carbonyl (C=O) groups is 1. The van der Waals surface area contributed by atoms with Crippen molar-refractivity contribution in [1.82, 2.24) is 9.55 Å². The highest BCUT2D eigenvalue weighted by Gasteiger charge is 2.06. The normalized spacial score (nSPS) is 10.2. The lowest BCUT2D eigenvalue weighted by Crippen LogP contribution is -2.27. The average Bonchev–Trinajstić information content (AvgIpc) is 2.36. The second kappa shape index (κ2) is 5.79. The van der Waals surface area contributed by atoms with Gasteiger partial charge in [0.05, 0.1) is 6.33 Å². The zero-order valence-corrected chi connectivity index (χ0v) is 11.8. The fourth-order valence-electron chi connectivity index (χ4n) is 1.61. The summed E-state index contributed by atoms with van der Waals surface area (Å²) in [5.74, 6) is -0.263. The van der Waals surface area contributed by atoms with Gasteiger partial charge in [0, 0.05) is 22.4 Å². The monoisotopic (exact) mass is 321 g/mol. The highest BCUT2D eigenvalue weighted by Crippen LogP contribution is 2.19. The van der Waals surface area contributed by atoms with Gasteiger partial charge in [-0.3, -0.25) is 14.2 Å². The van der Waals surface area contributed by atoms with E-state index < -0.39 is 0 Å². The van der Waals surface area contributed by atoms with Crippen molar-refractivity contribution in [3.8, 4) is 0 Å². The van der Waals surface area contributed by atoms with Gasteiger partial charge in [-0.2, -0.15) is 0 Å². The molecule has 2 rings (SSSR count). The third kappa shape index (κ3) is 3.51. The van der Waals surface area contributed by atoms with Gasteiger partial charge in [0.25, 0.3) is 5.56 Å². The predicted molar refractivity (Wildman–Crippen MR) is 76.0 cm³/mol. The topological polar surface area (TPSA) is 64.0 Å². The Hall–Kier alpha value is -1.95. The van der Waals surface area contributed by atoms with E-state index in [4.69, 9.17) is 0 Å². The van der Waals surface area contributed by atoms with Gasteiger partial charge in [0.15, 0.2) is 0 Å². The molecule has 0 saturated heterocycles. The smallest absolute Gasteiger partial charge is 0.253 e. The lowest BCUT2D eigenvalue weighted by atomic mass is 10.2. The first-order valence-electron chi connectivity index (χ1n) is 5.63. The van der Waals surface area contributed by atoms with Gasteiger partial charge in [-0.1, -0.05) is 15.9 Å². The van der Waals surface area contributed by atoms with E-state index in [1.165, 1.54) is 23.2 Å². The summed E-state index contributed by atoms with van der Waals surface area (Å²) in [6.45, 7) is 1.85. The summed E-state index contributed by atoms with van der Waals surface area (Å²) >= 11 is 3.36. The lowest BCUT2D eigenvalue weighted by Gasteiger charge is -2.09. The zero-order valence-electron chi connectivity index (χ0n) is 10.3. The van der Waals surface area contributed by atoms with Crippen molar-refractivity contribution in [2.45, 2.75) is 13.5 Å². The average molecular weight is 322 g/mol. The van der Waals surface area contributed by atoms with E-state index in [0.717, 1.165) is 15.7 Å². The minimum absolute atomic E-state index is 0.0534. The standard InChI is InChI=1S/C13H12BrN3O2/c1-9-6-10(14)2-3-11(9)16-12(18)7-17-8-15-5-4-13(17)19/h2-6,8H,7H2,1H3,(H,16,18). The Morgan fingerprint density at radius 2 is 2.21 bits per heavy atom. The van der Waals surface area contributed by atoms with Crippen molar-refractivity contribution < 1.29 is 4.79 Å². The van der Waals surface area contributed by atoms with Crippen molar-refractivity contribution in [2.24, 2.45) is 0 Å². The molecule has 0 unspecified atom stereocenters. The van der Waals surface area contributed by atoms with Crippen LogP contribution in [0.15, 0.2) is 46.1 Å². The minimum Gasteiger partial charge on any atom is -0.324 e. The number of aromatic nitrogens is 2. The predicted octanol–water partition coefficient (Wildman–Crippen LogP) is 1.95. The molecule has 0 bridgehead atoms. The largest absolute Gasteiger partial charge is 0.324 e. The fourth-order valence-corrected chi connectivity index (χ4v) is 2.08. The number of anilines is 1. The molecule has 2 aromatic rings. The number of nitrogens with zero attached hydrogens (tertiary/aromatic N) is 2. The van der Waals surface area contributed by atoms with Crippen molar-refractivity contribution in [3.05, 3.63) is 57.2 Å². The van der Waals surface area contributed by atoms with Gasteiger partial charge in [-0.25, -0.2) is 4.98 Å². The van der Waals surface area contributed by atoms with Crippen LogP contribution >= 0.6 is 15.9 Å². The van der Waals surface area contributed by atoms with Crippen LogP contribution in [0.3, 0.4) is 0 Å². The second-order valence-corrected chi connectivity index (χ2v) is 4.97. The van der Waals surface area contributed by atoms with Gasteiger partial charge < -0.3 is 5.32 Å². The minimum atomic E-state index is -0.263. The number of nitrogens with one attached hydrogen (secondary N) is 1. The van der Waals surface area contributed by atoms with Gasteiger partial charge in [0.1, 0.15) is 6.54 Å². The van der Waals surface area contributed by atoms with Crippen LogP contribution in [-0.4, -0.2) is 15.5 Å². The Kier molecular flexibility index (Phi) is 4.11. The van der Waals surface area contributed by atoms with Crippen LogP contribution in [0.2, 0.25) is 0 Å². The Bertz CT molecular complexity index is 667. The van der Waals surface area contributed by atoms with Crippen molar-refractivity contribution in [1.29, 1.82) is 0 Å². The third-order valence-corrected chi connectivity index (χ3v) is 3.06. The molecule has 6 heteroatoms. The number of hydrogen-bond acceptors (Lipinski definition) is 3. The number of hydrogen-bond donors (Lipinski definition) is 1.